The molecule has 1 saturated carbocycles. The third-order valence-corrected chi connectivity index (χ3v) is 5.13. The molecule has 0 unspecified atom stereocenters. The maximum absolute atomic E-state index is 6.25. The standard InChI is InChI=1S/C18H16BrClO2/c19-14-3-6-16(20)12(8-14)7-11-1-4-15(5-2-11)21-18-10-13-9-17(13)22-18/h1-6,8,13,17-18H,7,9-10H2/t13-,17-,18+/m0/s1. The Kier molecular flexibility index (Phi) is 3.89. The molecule has 1 saturated heterocycles. The Balaban J connectivity index is 1.41. The quantitative estimate of drug-likeness (QED) is 0.726. The van der Waals surface area contributed by atoms with Crippen molar-refractivity contribution in [1.82, 2.24) is 0 Å². The summed E-state index contributed by atoms with van der Waals surface area (Å²) in [6, 6.07) is 14.1. The minimum Gasteiger partial charge on any atom is -0.465 e. The fourth-order valence-corrected chi connectivity index (χ4v) is 3.54. The van der Waals surface area contributed by atoms with E-state index in [1.54, 1.807) is 0 Å². The molecule has 1 heterocycles. The van der Waals surface area contributed by atoms with Gasteiger partial charge in [-0.3, -0.25) is 0 Å². The molecule has 2 fully saturated rings. The summed E-state index contributed by atoms with van der Waals surface area (Å²) in [7, 11) is 0. The van der Waals surface area contributed by atoms with Crippen LogP contribution in [0.5, 0.6) is 5.75 Å². The van der Waals surface area contributed by atoms with E-state index in [0.717, 1.165) is 39.6 Å². The summed E-state index contributed by atoms with van der Waals surface area (Å²) in [6.07, 6.45) is 3.45. The van der Waals surface area contributed by atoms with Gasteiger partial charge in [-0.2, -0.15) is 0 Å². The highest BCUT2D eigenvalue weighted by molar-refractivity contribution is 9.10. The Morgan fingerprint density at radius 3 is 2.68 bits per heavy atom. The van der Waals surface area contributed by atoms with Crippen LogP contribution in [0.4, 0.5) is 0 Å². The molecule has 0 bridgehead atoms. The van der Waals surface area contributed by atoms with E-state index in [1.165, 1.54) is 12.0 Å². The van der Waals surface area contributed by atoms with Crippen molar-refractivity contribution in [2.45, 2.75) is 31.7 Å². The van der Waals surface area contributed by atoms with E-state index in [1.807, 2.05) is 24.3 Å². The number of rotatable bonds is 4. The topological polar surface area (TPSA) is 18.5 Å². The molecule has 2 aromatic carbocycles. The zero-order valence-electron chi connectivity index (χ0n) is 12.0. The van der Waals surface area contributed by atoms with Crippen LogP contribution >= 0.6 is 27.5 Å². The third kappa shape index (κ3) is 3.17. The fraction of sp³-hybridized carbons (Fsp3) is 0.333. The Morgan fingerprint density at radius 1 is 1.14 bits per heavy atom. The maximum atomic E-state index is 6.25. The van der Waals surface area contributed by atoms with Crippen LogP contribution in [0.15, 0.2) is 46.9 Å². The second kappa shape index (κ2) is 5.88. The summed E-state index contributed by atoms with van der Waals surface area (Å²) in [5.74, 6) is 1.61. The number of hydrogen-bond acceptors (Lipinski definition) is 2. The summed E-state index contributed by atoms with van der Waals surface area (Å²) < 4.78 is 12.7. The van der Waals surface area contributed by atoms with Crippen molar-refractivity contribution in [3.05, 3.63) is 63.1 Å². The van der Waals surface area contributed by atoms with Crippen LogP contribution in [-0.4, -0.2) is 12.4 Å². The van der Waals surface area contributed by atoms with Crippen LogP contribution in [-0.2, 0) is 11.2 Å². The van der Waals surface area contributed by atoms with Gasteiger partial charge in [0.2, 0.25) is 0 Å². The van der Waals surface area contributed by atoms with Gasteiger partial charge in [0.25, 0.3) is 0 Å². The first-order chi connectivity index (χ1) is 10.7. The highest BCUT2D eigenvalue weighted by atomic mass is 79.9. The van der Waals surface area contributed by atoms with Gasteiger partial charge in [-0.1, -0.05) is 39.7 Å². The number of halogens is 2. The van der Waals surface area contributed by atoms with E-state index >= 15 is 0 Å². The second-order valence-electron chi connectivity index (χ2n) is 6.01. The molecule has 4 heteroatoms. The minimum absolute atomic E-state index is 0.0610. The lowest BCUT2D eigenvalue weighted by Crippen LogP contribution is -2.16. The Bertz CT molecular complexity index is 676. The molecule has 0 amide bonds. The molecular weight excluding hydrogens is 364 g/mol. The number of benzene rings is 2. The normalized spacial score (nSPS) is 25.8. The Hall–Kier alpha value is -1.03. The summed E-state index contributed by atoms with van der Waals surface area (Å²) in [4.78, 5) is 0. The van der Waals surface area contributed by atoms with Gasteiger partial charge in [-0.25, -0.2) is 0 Å². The average molecular weight is 380 g/mol. The molecule has 3 atom stereocenters. The predicted molar refractivity (Wildman–Crippen MR) is 90.4 cm³/mol. The van der Waals surface area contributed by atoms with Crippen molar-refractivity contribution in [2.24, 2.45) is 5.92 Å². The number of ether oxygens (including phenoxy) is 2. The molecule has 22 heavy (non-hydrogen) atoms. The highest BCUT2D eigenvalue weighted by Crippen LogP contribution is 2.45. The average Bonchev–Trinajstić information content (AvgIpc) is 3.12. The molecule has 2 nitrogen and oxygen atoms in total. The second-order valence-corrected chi connectivity index (χ2v) is 7.33. The molecule has 2 aliphatic rings. The zero-order valence-corrected chi connectivity index (χ0v) is 14.3. The van der Waals surface area contributed by atoms with Crippen molar-refractivity contribution in [3.8, 4) is 5.75 Å². The molecule has 4 rings (SSSR count). The zero-order chi connectivity index (χ0) is 15.1. The van der Waals surface area contributed by atoms with E-state index in [0.29, 0.717) is 6.10 Å². The van der Waals surface area contributed by atoms with Crippen molar-refractivity contribution in [2.75, 3.05) is 0 Å². The van der Waals surface area contributed by atoms with E-state index in [4.69, 9.17) is 21.1 Å². The fourth-order valence-electron chi connectivity index (χ4n) is 2.94. The maximum Gasteiger partial charge on any atom is 0.200 e. The predicted octanol–water partition coefficient (Wildman–Crippen LogP) is 5.21. The van der Waals surface area contributed by atoms with Gasteiger partial charge < -0.3 is 9.47 Å². The molecule has 0 N–H and O–H groups in total. The molecular formula is C18H16BrClO2. The minimum atomic E-state index is -0.0610. The van der Waals surface area contributed by atoms with Crippen LogP contribution in [0, 0.1) is 5.92 Å². The van der Waals surface area contributed by atoms with Crippen LogP contribution in [0.25, 0.3) is 0 Å². The van der Waals surface area contributed by atoms with Crippen molar-refractivity contribution in [3.63, 3.8) is 0 Å². The Labute approximate surface area is 143 Å². The van der Waals surface area contributed by atoms with Crippen molar-refractivity contribution < 1.29 is 9.47 Å². The summed E-state index contributed by atoms with van der Waals surface area (Å²) in [5.41, 5.74) is 2.33. The first kappa shape index (κ1) is 14.6. The van der Waals surface area contributed by atoms with Gasteiger partial charge in [0.1, 0.15) is 5.75 Å². The summed E-state index contributed by atoms with van der Waals surface area (Å²) in [5, 5.41) is 0.794. The van der Waals surface area contributed by atoms with E-state index < -0.39 is 0 Å². The first-order valence-electron chi connectivity index (χ1n) is 7.52. The third-order valence-electron chi connectivity index (χ3n) is 4.27. The SMILES string of the molecule is Clc1ccc(Br)cc1Cc1ccc(O[C@H]2C[C@@H]3C[C@@H]3O2)cc1. The smallest absolute Gasteiger partial charge is 0.200 e. The lowest BCUT2D eigenvalue weighted by molar-refractivity contribution is -0.0631. The number of hydrogen-bond donors (Lipinski definition) is 0. The van der Waals surface area contributed by atoms with E-state index in [-0.39, 0.29) is 6.29 Å². The molecule has 0 radical (unpaired) electrons. The van der Waals surface area contributed by atoms with Gasteiger partial charge in [-0.15, -0.1) is 0 Å². The summed E-state index contributed by atoms with van der Waals surface area (Å²) >= 11 is 9.73. The monoisotopic (exact) mass is 378 g/mol. The van der Waals surface area contributed by atoms with Crippen LogP contribution in [0.2, 0.25) is 5.02 Å². The first-order valence-corrected chi connectivity index (χ1v) is 8.69. The van der Waals surface area contributed by atoms with Crippen molar-refractivity contribution >= 4 is 27.5 Å². The van der Waals surface area contributed by atoms with Gasteiger partial charge in [-0.05, 0) is 60.2 Å². The lowest BCUT2D eigenvalue weighted by atomic mass is 10.1. The molecule has 1 aliphatic carbocycles. The summed E-state index contributed by atoms with van der Waals surface area (Å²) in [6.45, 7) is 0. The van der Waals surface area contributed by atoms with Gasteiger partial charge in [0.15, 0.2) is 6.29 Å². The molecule has 0 spiro atoms. The number of fused-ring (bicyclic) bond motifs is 1. The molecule has 0 aromatic heterocycles. The Morgan fingerprint density at radius 2 is 1.95 bits per heavy atom. The van der Waals surface area contributed by atoms with Crippen LogP contribution in [0.1, 0.15) is 24.0 Å². The molecule has 114 valence electrons. The largest absolute Gasteiger partial charge is 0.465 e. The van der Waals surface area contributed by atoms with Crippen molar-refractivity contribution in [1.29, 1.82) is 0 Å². The van der Waals surface area contributed by atoms with Gasteiger partial charge in [0, 0.05) is 15.9 Å². The van der Waals surface area contributed by atoms with Gasteiger partial charge >= 0.3 is 0 Å². The molecule has 2 aromatic rings. The van der Waals surface area contributed by atoms with E-state index in [9.17, 15) is 0 Å². The molecule has 1 aliphatic heterocycles. The lowest BCUT2D eigenvalue weighted by Gasteiger charge is -2.15. The van der Waals surface area contributed by atoms with Crippen LogP contribution in [0.3, 0.4) is 0 Å². The highest BCUT2D eigenvalue weighted by Gasteiger charge is 2.48. The van der Waals surface area contributed by atoms with E-state index in [2.05, 4.69) is 34.1 Å². The van der Waals surface area contributed by atoms with Gasteiger partial charge in [0.05, 0.1) is 6.10 Å². The van der Waals surface area contributed by atoms with Crippen LogP contribution < -0.4 is 4.74 Å².